The zero-order valence-electron chi connectivity index (χ0n) is 14.6. The number of benzene rings is 2. The highest BCUT2D eigenvalue weighted by atomic mass is 79.9. The molecule has 0 aliphatic carbocycles. The van der Waals surface area contributed by atoms with Gasteiger partial charge in [0, 0.05) is 10.2 Å². The molecule has 0 spiro atoms. The molecule has 0 heterocycles. The molecular formula is C18H21BrN2O3S. The summed E-state index contributed by atoms with van der Waals surface area (Å²) in [7, 11) is -3.80. The van der Waals surface area contributed by atoms with E-state index >= 15 is 0 Å². The molecule has 1 unspecified atom stereocenters. The van der Waals surface area contributed by atoms with Gasteiger partial charge in [0.1, 0.15) is 0 Å². The Morgan fingerprint density at radius 1 is 1.04 bits per heavy atom. The molecular weight excluding hydrogens is 404 g/mol. The van der Waals surface area contributed by atoms with E-state index in [-0.39, 0.29) is 4.90 Å². The molecule has 0 saturated heterocycles. The molecule has 0 fully saturated rings. The van der Waals surface area contributed by atoms with Crippen molar-refractivity contribution in [2.75, 3.05) is 5.32 Å². The van der Waals surface area contributed by atoms with Crippen LogP contribution in [0.5, 0.6) is 0 Å². The Morgan fingerprint density at radius 2 is 1.56 bits per heavy atom. The molecule has 0 bridgehead atoms. The zero-order chi connectivity index (χ0) is 18.8. The summed E-state index contributed by atoms with van der Waals surface area (Å²) in [6, 6.07) is 9.78. The lowest BCUT2D eigenvalue weighted by Crippen LogP contribution is -2.41. The Balaban J connectivity index is 2.17. The van der Waals surface area contributed by atoms with Crippen LogP contribution in [0.2, 0.25) is 0 Å². The number of hydrogen-bond donors (Lipinski definition) is 2. The summed E-state index contributed by atoms with van der Waals surface area (Å²) in [6.45, 7) is 6.94. The molecule has 2 rings (SSSR count). The number of aryl methyl sites for hydroxylation is 3. The van der Waals surface area contributed by atoms with Crippen LogP contribution in [0.1, 0.15) is 23.6 Å². The van der Waals surface area contributed by atoms with E-state index in [1.165, 1.54) is 6.92 Å². The summed E-state index contributed by atoms with van der Waals surface area (Å²) in [5.74, 6) is -0.423. The lowest BCUT2D eigenvalue weighted by molar-refractivity contribution is -0.117. The highest BCUT2D eigenvalue weighted by Crippen LogP contribution is 2.22. The second kappa shape index (κ2) is 7.68. The monoisotopic (exact) mass is 424 g/mol. The van der Waals surface area contributed by atoms with Gasteiger partial charge in [0.05, 0.1) is 10.9 Å². The first-order chi connectivity index (χ1) is 11.6. The van der Waals surface area contributed by atoms with E-state index in [1.54, 1.807) is 38.1 Å². The third-order valence-electron chi connectivity index (χ3n) is 3.71. The number of hydrogen-bond acceptors (Lipinski definition) is 3. The maximum absolute atomic E-state index is 12.7. The predicted octanol–water partition coefficient (Wildman–Crippen LogP) is 3.68. The van der Waals surface area contributed by atoms with Crippen molar-refractivity contribution in [1.29, 1.82) is 0 Å². The topological polar surface area (TPSA) is 75.3 Å². The quantitative estimate of drug-likeness (QED) is 0.768. The number of anilines is 1. The van der Waals surface area contributed by atoms with E-state index in [0.29, 0.717) is 16.8 Å². The van der Waals surface area contributed by atoms with Crippen molar-refractivity contribution in [3.63, 3.8) is 0 Å². The van der Waals surface area contributed by atoms with Crippen molar-refractivity contribution in [3.05, 3.63) is 57.6 Å². The van der Waals surface area contributed by atoms with Gasteiger partial charge in [-0.1, -0.05) is 33.6 Å². The van der Waals surface area contributed by atoms with E-state index < -0.39 is 22.0 Å². The molecule has 2 aromatic carbocycles. The Hall–Kier alpha value is -1.70. The summed E-state index contributed by atoms with van der Waals surface area (Å²) >= 11 is 3.32. The number of amides is 1. The third-order valence-corrected chi connectivity index (χ3v) is 6.08. The first-order valence-corrected chi connectivity index (χ1v) is 10.0. The van der Waals surface area contributed by atoms with Crippen LogP contribution < -0.4 is 10.0 Å². The third kappa shape index (κ3) is 4.90. The van der Waals surface area contributed by atoms with Crippen LogP contribution in [0, 0.1) is 20.8 Å². The lowest BCUT2D eigenvalue weighted by Gasteiger charge is -2.17. The van der Waals surface area contributed by atoms with Crippen molar-refractivity contribution >= 4 is 37.5 Å². The maximum Gasteiger partial charge on any atom is 0.242 e. The Kier molecular flexibility index (Phi) is 6.03. The lowest BCUT2D eigenvalue weighted by atomic mass is 10.1. The second-order valence-electron chi connectivity index (χ2n) is 6.07. The Morgan fingerprint density at radius 3 is 2.08 bits per heavy atom. The minimum Gasteiger partial charge on any atom is -0.325 e. The highest BCUT2D eigenvalue weighted by molar-refractivity contribution is 9.10. The Labute approximate surface area is 157 Å². The molecule has 0 aliphatic heterocycles. The number of nitrogens with one attached hydrogen (secondary N) is 2. The summed E-state index contributed by atoms with van der Waals surface area (Å²) in [5, 5.41) is 2.69. The van der Waals surface area contributed by atoms with Gasteiger partial charge in [-0.25, -0.2) is 8.42 Å². The average molecular weight is 425 g/mol. The molecule has 2 aromatic rings. The molecule has 2 N–H and O–H groups in total. The SMILES string of the molecule is Cc1cc(C)c(S(=O)(=O)NC(C)C(=O)Nc2ccc(Br)cc2)c(C)c1. The molecule has 5 nitrogen and oxygen atoms in total. The van der Waals surface area contributed by atoms with Crippen LogP contribution in [0.4, 0.5) is 5.69 Å². The fraction of sp³-hybridized carbons (Fsp3) is 0.278. The number of carbonyl (C=O) groups is 1. The van der Waals surface area contributed by atoms with Crippen LogP contribution >= 0.6 is 15.9 Å². The summed E-state index contributed by atoms with van der Waals surface area (Å²) in [5.41, 5.74) is 2.91. The number of carbonyl (C=O) groups excluding carboxylic acids is 1. The van der Waals surface area contributed by atoms with Gasteiger partial charge < -0.3 is 5.32 Å². The molecule has 0 saturated carbocycles. The average Bonchev–Trinajstić information content (AvgIpc) is 2.47. The summed E-state index contributed by atoms with van der Waals surface area (Å²) in [4.78, 5) is 12.5. The maximum atomic E-state index is 12.7. The van der Waals surface area contributed by atoms with Gasteiger partial charge in [-0.15, -0.1) is 0 Å². The normalized spacial score (nSPS) is 12.7. The highest BCUT2D eigenvalue weighted by Gasteiger charge is 2.25. The van der Waals surface area contributed by atoms with Crippen molar-refractivity contribution in [2.45, 2.75) is 38.6 Å². The zero-order valence-corrected chi connectivity index (χ0v) is 17.0. The van der Waals surface area contributed by atoms with E-state index in [9.17, 15) is 13.2 Å². The molecule has 0 radical (unpaired) electrons. The molecule has 1 amide bonds. The van der Waals surface area contributed by atoms with Crippen LogP contribution in [0.25, 0.3) is 0 Å². The van der Waals surface area contributed by atoms with Gasteiger partial charge in [-0.05, 0) is 63.1 Å². The minimum atomic E-state index is -3.80. The molecule has 0 aromatic heterocycles. The van der Waals surface area contributed by atoms with Gasteiger partial charge >= 0.3 is 0 Å². The van der Waals surface area contributed by atoms with Crippen molar-refractivity contribution in [1.82, 2.24) is 4.72 Å². The van der Waals surface area contributed by atoms with Gasteiger partial charge in [0.2, 0.25) is 15.9 Å². The van der Waals surface area contributed by atoms with Crippen LogP contribution in [0.3, 0.4) is 0 Å². The first kappa shape index (κ1) is 19.6. The largest absolute Gasteiger partial charge is 0.325 e. The minimum absolute atomic E-state index is 0.224. The van der Waals surface area contributed by atoms with E-state index in [4.69, 9.17) is 0 Å². The van der Waals surface area contributed by atoms with Gasteiger partial charge in [0.25, 0.3) is 0 Å². The van der Waals surface area contributed by atoms with Crippen molar-refractivity contribution in [3.8, 4) is 0 Å². The molecule has 0 aliphatic rings. The van der Waals surface area contributed by atoms with E-state index in [1.807, 2.05) is 19.1 Å². The fourth-order valence-electron chi connectivity index (χ4n) is 2.72. The van der Waals surface area contributed by atoms with E-state index in [2.05, 4.69) is 26.0 Å². The molecule has 134 valence electrons. The van der Waals surface area contributed by atoms with Crippen LogP contribution in [-0.4, -0.2) is 20.4 Å². The second-order valence-corrected chi connectivity index (χ2v) is 8.63. The Bertz CT molecular complexity index is 870. The summed E-state index contributed by atoms with van der Waals surface area (Å²) in [6.07, 6.45) is 0. The number of sulfonamides is 1. The number of rotatable bonds is 5. The predicted molar refractivity (Wildman–Crippen MR) is 103 cm³/mol. The molecule has 7 heteroatoms. The van der Waals surface area contributed by atoms with Gasteiger partial charge in [0.15, 0.2) is 0 Å². The van der Waals surface area contributed by atoms with E-state index in [0.717, 1.165) is 10.0 Å². The van der Waals surface area contributed by atoms with Crippen LogP contribution in [-0.2, 0) is 14.8 Å². The fourth-order valence-corrected chi connectivity index (χ4v) is 4.64. The smallest absolute Gasteiger partial charge is 0.242 e. The van der Waals surface area contributed by atoms with Crippen molar-refractivity contribution in [2.24, 2.45) is 0 Å². The number of halogens is 1. The first-order valence-electron chi connectivity index (χ1n) is 7.77. The van der Waals surface area contributed by atoms with Gasteiger partial charge in [-0.3, -0.25) is 4.79 Å². The molecule has 1 atom stereocenters. The van der Waals surface area contributed by atoms with Crippen LogP contribution in [0.15, 0.2) is 45.8 Å². The van der Waals surface area contributed by atoms with Gasteiger partial charge in [-0.2, -0.15) is 4.72 Å². The summed E-state index contributed by atoms with van der Waals surface area (Å²) < 4.78 is 28.7. The molecule has 25 heavy (non-hydrogen) atoms. The van der Waals surface area contributed by atoms with Crippen molar-refractivity contribution < 1.29 is 13.2 Å². The standard InChI is InChI=1S/C18H21BrN2O3S/c1-11-9-12(2)17(13(3)10-11)25(23,24)21-14(4)18(22)20-16-7-5-15(19)6-8-16/h5-10,14,21H,1-4H3,(H,20,22).